The molecule has 7 heteroatoms. The third-order valence-electron chi connectivity index (χ3n) is 6.94. The van der Waals surface area contributed by atoms with Crippen LogP contribution in [0.25, 0.3) is 10.9 Å². The van der Waals surface area contributed by atoms with Crippen LogP contribution in [0, 0.1) is 11.8 Å². The van der Waals surface area contributed by atoms with Crippen molar-refractivity contribution in [1.82, 2.24) is 9.88 Å². The van der Waals surface area contributed by atoms with E-state index in [9.17, 15) is 9.59 Å². The molecule has 4 heterocycles. The highest BCUT2D eigenvalue weighted by Gasteiger charge is 2.66. The zero-order valence-corrected chi connectivity index (χ0v) is 18.0. The van der Waals surface area contributed by atoms with Gasteiger partial charge in [-0.2, -0.15) is 0 Å². The normalized spacial score (nSPS) is 28.0. The number of aromatic amines is 1. The number of nitrogens with zero attached hydrogens (tertiary/aromatic N) is 1. The van der Waals surface area contributed by atoms with Crippen LogP contribution in [-0.4, -0.2) is 46.5 Å². The summed E-state index contributed by atoms with van der Waals surface area (Å²) in [5, 5.41) is 4.54. The van der Waals surface area contributed by atoms with Crippen LogP contribution in [-0.2, 0) is 20.7 Å². The number of rotatable bonds is 5. The number of H-pyrrole nitrogens is 1. The zero-order chi connectivity index (χ0) is 21.9. The molecule has 32 heavy (non-hydrogen) atoms. The molecule has 1 aromatic heterocycles. The lowest BCUT2D eigenvalue weighted by Gasteiger charge is -2.23. The van der Waals surface area contributed by atoms with Crippen molar-refractivity contribution in [2.75, 3.05) is 18.4 Å². The van der Waals surface area contributed by atoms with E-state index in [1.54, 1.807) is 12.1 Å². The Kier molecular flexibility index (Phi) is 4.42. The highest BCUT2D eigenvalue weighted by Crippen LogP contribution is 2.52. The molecule has 2 N–H and O–H groups in total. The number of nitrogens with one attached hydrogen (secondary N) is 2. The van der Waals surface area contributed by atoms with Gasteiger partial charge in [-0.15, -0.1) is 0 Å². The fraction of sp³-hybridized carbons (Fsp3) is 0.280. The number of fused-ring (bicyclic) bond motifs is 2. The second kappa shape index (κ2) is 7.22. The number of aromatic nitrogens is 1. The fourth-order valence-electron chi connectivity index (χ4n) is 5.44. The number of ether oxygens (including phenoxy) is 1. The summed E-state index contributed by atoms with van der Waals surface area (Å²) >= 11 is 6.21. The van der Waals surface area contributed by atoms with Crippen LogP contribution in [0.5, 0.6) is 0 Å². The Hall–Kier alpha value is -3.09. The summed E-state index contributed by atoms with van der Waals surface area (Å²) in [4.78, 5) is 31.7. The molecule has 3 aliphatic heterocycles. The minimum absolute atomic E-state index is 0.0176. The van der Waals surface area contributed by atoms with Crippen molar-refractivity contribution in [2.24, 2.45) is 11.8 Å². The number of para-hydroxylation sites is 2. The number of anilines is 1. The van der Waals surface area contributed by atoms with Gasteiger partial charge in [-0.1, -0.05) is 54.1 Å². The molecule has 2 saturated heterocycles. The first kappa shape index (κ1) is 19.6. The third kappa shape index (κ3) is 2.90. The standard InChI is InChI=1S/C25H22ClN3O3/c26-17-6-2-4-8-19(17)28-23(30)21-20-9-11-25(32-20)14-29(24(31)22(21)25)12-10-15-13-27-18-7-3-1-5-16(15)18/h1-9,11,13,20-22,27H,10,12,14H2,(H,28,30)/t20-,21+,22-,25+/m1/s1. The Bertz CT molecular complexity index is 1270. The molecule has 6 rings (SSSR count). The molecule has 0 saturated carbocycles. The number of hydrogen-bond acceptors (Lipinski definition) is 3. The van der Waals surface area contributed by atoms with Crippen LogP contribution in [0.2, 0.25) is 5.02 Å². The number of amides is 2. The molecule has 2 fully saturated rings. The van der Waals surface area contributed by atoms with Gasteiger partial charge >= 0.3 is 0 Å². The predicted octanol–water partition coefficient (Wildman–Crippen LogP) is 3.78. The molecule has 2 amide bonds. The van der Waals surface area contributed by atoms with Crippen LogP contribution in [0.1, 0.15) is 5.56 Å². The van der Waals surface area contributed by atoms with E-state index in [2.05, 4.69) is 16.4 Å². The van der Waals surface area contributed by atoms with Gasteiger partial charge in [-0.3, -0.25) is 9.59 Å². The van der Waals surface area contributed by atoms with Gasteiger partial charge in [0, 0.05) is 23.6 Å². The summed E-state index contributed by atoms with van der Waals surface area (Å²) in [5.41, 5.74) is 2.09. The Morgan fingerprint density at radius 2 is 2.03 bits per heavy atom. The third-order valence-corrected chi connectivity index (χ3v) is 7.27. The van der Waals surface area contributed by atoms with Gasteiger partial charge in [-0.05, 0) is 30.2 Å². The van der Waals surface area contributed by atoms with Crippen LogP contribution in [0.15, 0.2) is 66.9 Å². The Morgan fingerprint density at radius 3 is 2.91 bits per heavy atom. The molecule has 0 aliphatic carbocycles. The summed E-state index contributed by atoms with van der Waals surface area (Å²) < 4.78 is 6.22. The number of carbonyl (C=O) groups is 2. The van der Waals surface area contributed by atoms with Crippen LogP contribution < -0.4 is 5.32 Å². The first-order valence-electron chi connectivity index (χ1n) is 10.8. The zero-order valence-electron chi connectivity index (χ0n) is 17.3. The maximum absolute atomic E-state index is 13.4. The largest absolute Gasteiger partial charge is 0.361 e. The summed E-state index contributed by atoms with van der Waals surface area (Å²) in [6.45, 7) is 1.06. The average molecular weight is 448 g/mol. The van der Waals surface area contributed by atoms with Gasteiger partial charge in [0.15, 0.2) is 0 Å². The molecule has 6 nitrogen and oxygen atoms in total. The number of likely N-dealkylation sites (tertiary alicyclic amines) is 1. The minimum Gasteiger partial charge on any atom is -0.361 e. The number of carbonyl (C=O) groups excluding carboxylic acids is 2. The van der Waals surface area contributed by atoms with Crippen molar-refractivity contribution >= 4 is 40.0 Å². The molecular weight excluding hydrogens is 426 g/mol. The number of hydrogen-bond donors (Lipinski definition) is 2. The van der Waals surface area contributed by atoms with E-state index >= 15 is 0 Å². The Balaban J connectivity index is 1.21. The Morgan fingerprint density at radius 1 is 1.22 bits per heavy atom. The van der Waals surface area contributed by atoms with Crippen LogP contribution in [0.4, 0.5) is 5.69 Å². The van der Waals surface area contributed by atoms with Crippen molar-refractivity contribution < 1.29 is 14.3 Å². The molecule has 3 aliphatic rings. The molecule has 0 unspecified atom stereocenters. The van der Waals surface area contributed by atoms with Gasteiger partial charge in [0.1, 0.15) is 5.60 Å². The predicted molar refractivity (Wildman–Crippen MR) is 122 cm³/mol. The SMILES string of the molecule is O=C(Nc1ccccc1Cl)[C@H]1[C@H]2C=C[C@@]3(CN(CCc4c[nH]c5ccccc45)C(=O)[C@@H]13)O2. The monoisotopic (exact) mass is 447 g/mol. The molecule has 1 spiro atoms. The van der Waals surface area contributed by atoms with Crippen molar-refractivity contribution in [1.29, 1.82) is 0 Å². The topological polar surface area (TPSA) is 74.4 Å². The summed E-state index contributed by atoms with van der Waals surface area (Å²) in [6, 6.07) is 15.2. The smallest absolute Gasteiger partial charge is 0.231 e. The molecule has 162 valence electrons. The maximum Gasteiger partial charge on any atom is 0.231 e. The second-order valence-electron chi connectivity index (χ2n) is 8.74. The molecule has 2 aromatic carbocycles. The fourth-order valence-corrected chi connectivity index (χ4v) is 5.62. The second-order valence-corrected chi connectivity index (χ2v) is 9.15. The van der Waals surface area contributed by atoms with E-state index in [0.717, 1.165) is 11.9 Å². The average Bonchev–Trinajstić information content (AvgIpc) is 3.54. The number of halogens is 1. The Labute approximate surface area is 190 Å². The van der Waals surface area contributed by atoms with Crippen molar-refractivity contribution in [3.8, 4) is 0 Å². The van der Waals surface area contributed by atoms with Gasteiger partial charge in [0.25, 0.3) is 0 Å². The molecular formula is C25H22ClN3O3. The molecule has 4 atom stereocenters. The van der Waals surface area contributed by atoms with E-state index in [0.29, 0.717) is 23.8 Å². The quantitative estimate of drug-likeness (QED) is 0.584. The van der Waals surface area contributed by atoms with Gasteiger partial charge < -0.3 is 19.9 Å². The first-order valence-corrected chi connectivity index (χ1v) is 11.2. The van der Waals surface area contributed by atoms with Crippen molar-refractivity contribution in [3.63, 3.8) is 0 Å². The summed E-state index contributed by atoms with van der Waals surface area (Å²) in [6.07, 6.45) is 6.26. The highest BCUT2D eigenvalue weighted by molar-refractivity contribution is 6.33. The maximum atomic E-state index is 13.4. The lowest BCUT2D eigenvalue weighted by molar-refractivity contribution is -0.135. The van der Waals surface area contributed by atoms with E-state index in [4.69, 9.17) is 16.3 Å². The molecule has 2 bridgehead atoms. The number of benzene rings is 2. The highest BCUT2D eigenvalue weighted by atomic mass is 35.5. The van der Waals surface area contributed by atoms with Crippen LogP contribution in [0.3, 0.4) is 0 Å². The van der Waals surface area contributed by atoms with E-state index in [1.165, 1.54) is 10.9 Å². The summed E-state index contributed by atoms with van der Waals surface area (Å²) in [7, 11) is 0. The minimum atomic E-state index is -0.718. The van der Waals surface area contributed by atoms with Gasteiger partial charge in [0.05, 0.1) is 35.2 Å². The van der Waals surface area contributed by atoms with Crippen molar-refractivity contribution in [2.45, 2.75) is 18.1 Å². The molecule has 0 radical (unpaired) electrons. The lowest BCUT2D eigenvalue weighted by atomic mass is 9.77. The van der Waals surface area contributed by atoms with Gasteiger partial charge in [0.2, 0.25) is 11.8 Å². The van der Waals surface area contributed by atoms with Crippen LogP contribution >= 0.6 is 11.6 Å². The first-order chi connectivity index (χ1) is 15.6. The van der Waals surface area contributed by atoms with Gasteiger partial charge in [-0.25, -0.2) is 0 Å². The van der Waals surface area contributed by atoms with Crippen molar-refractivity contribution in [3.05, 3.63) is 77.5 Å². The van der Waals surface area contributed by atoms with E-state index in [-0.39, 0.29) is 17.9 Å². The summed E-state index contributed by atoms with van der Waals surface area (Å²) in [5.74, 6) is -1.33. The molecule has 3 aromatic rings. The lowest BCUT2D eigenvalue weighted by Crippen LogP contribution is -2.41. The van der Waals surface area contributed by atoms with E-state index < -0.39 is 17.4 Å². The van der Waals surface area contributed by atoms with E-state index in [1.807, 2.05) is 53.6 Å².